The van der Waals surface area contributed by atoms with Crippen LogP contribution in [-0.4, -0.2) is 77.6 Å². The smallest absolute Gasteiger partial charge is 0.252 e. The Labute approximate surface area is 221 Å². The van der Waals surface area contributed by atoms with Crippen LogP contribution in [0.2, 0.25) is 5.02 Å². The number of hydrogen-bond acceptors (Lipinski definition) is 11. The van der Waals surface area contributed by atoms with Gasteiger partial charge in [-0.1, -0.05) is 11.6 Å². The van der Waals surface area contributed by atoms with Crippen molar-refractivity contribution in [1.29, 1.82) is 0 Å². The van der Waals surface area contributed by atoms with Gasteiger partial charge >= 0.3 is 0 Å². The normalized spacial score (nSPS) is 21.0. The van der Waals surface area contributed by atoms with Crippen molar-refractivity contribution < 1.29 is 24.5 Å². The van der Waals surface area contributed by atoms with Crippen LogP contribution in [0.4, 0.5) is 5.82 Å². The number of rotatable bonds is 8. The fourth-order valence-electron chi connectivity index (χ4n) is 4.12. The molecule has 38 heavy (non-hydrogen) atoms. The molecule has 0 aliphatic carbocycles. The number of aromatic nitrogens is 6. The third kappa shape index (κ3) is 4.96. The van der Waals surface area contributed by atoms with E-state index in [1.807, 2.05) is 0 Å². The molecule has 0 unspecified atom stereocenters. The third-order valence-electron chi connectivity index (χ3n) is 5.97. The van der Waals surface area contributed by atoms with Crippen LogP contribution in [0.3, 0.4) is 0 Å². The van der Waals surface area contributed by atoms with E-state index in [2.05, 4.69) is 35.6 Å². The monoisotopic (exact) mass is 540 g/mol. The van der Waals surface area contributed by atoms with Crippen molar-refractivity contribution in [3.8, 4) is 17.1 Å². The Morgan fingerprint density at radius 1 is 1.21 bits per heavy atom. The summed E-state index contributed by atoms with van der Waals surface area (Å²) >= 11 is 6.15. The van der Waals surface area contributed by atoms with Crippen molar-refractivity contribution in [3.63, 3.8) is 0 Å². The fourth-order valence-corrected chi connectivity index (χ4v) is 4.30. The van der Waals surface area contributed by atoms with Gasteiger partial charge in [-0.25, -0.2) is 15.0 Å². The molecule has 4 aromatic heterocycles. The second-order valence-electron chi connectivity index (χ2n) is 8.48. The molecule has 5 rings (SSSR count). The number of imidazole rings is 1. The molecule has 1 amide bonds. The topological polar surface area (TPSA) is 169 Å². The number of amides is 1. The summed E-state index contributed by atoms with van der Waals surface area (Å²) in [6, 6.07) is 5.20. The molecule has 4 aromatic rings. The number of ether oxygens (including phenoxy) is 2. The van der Waals surface area contributed by atoms with Crippen LogP contribution in [0.5, 0.6) is 5.75 Å². The van der Waals surface area contributed by atoms with E-state index in [-0.39, 0.29) is 5.82 Å². The lowest BCUT2D eigenvalue weighted by Crippen LogP contribution is -2.42. The van der Waals surface area contributed by atoms with E-state index < -0.39 is 30.4 Å². The molecule has 0 bridgehead atoms. The van der Waals surface area contributed by atoms with Gasteiger partial charge in [0.2, 0.25) is 0 Å². The van der Waals surface area contributed by atoms with Crippen molar-refractivity contribution in [2.75, 3.05) is 19.0 Å². The van der Waals surface area contributed by atoms with Crippen molar-refractivity contribution in [2.45, 2.75) is 38.0 Å². The number of pyridine rings is 2. The Morgan fingerprint density at radius 3 is 2.82 bits per heavy atom. The van der Waals surface area contributed by atoms with Crippen LogP contribution < -0.4 is 15.4 Å². The molecule has 1 fully saturated rings. The van der Waals surface area contributed by atoms with Gasteiger partial charge in [0, 0.05) is 36.8 Å². The van der Waals surface area contributed by atoms with Crippen molar-refractivity contribution in [2.24, 2.45) is 0 Å². The van der Waals surface area contributed by atoms with Gasteiger partial charge in [-0.15, -0.1) is 0 Å². The first-order valence-corrected chi connectivity index (χ1v) is 12.1. The Balaban J connectivity index is 1.55. The summed E-state index contributed by atoms with van der Waals surface area (Å²) < 4.78 is 12.5. The Kier molecular flexibility index (Phi) is 7.33. The highest BCUT2D eigenvalue weighted by Gasteiger charge is 2.47. The number of likely N-dealkylation sites (N-methyl/N-ethyl adjacent to an activating group) is 1. The van der Waals surface area contributed by atoms with E-state index in [0.717, 1.165) is 0 Å². The number of methoxy groups -OCH3 is 1. The summed E-state index contributed by atoms with van der Waals surface area (Å²) in [6.07, 6.45) is 0.860. The zero-order chi connectivity index (χ0) is 26.8. The van der Waals surface area contributed by atoms with Crippen molar-refractivity contribution in [3.05, 3.63) is 53.8 Å². The van der Waals surface area contributed by atoms with E-state index in [4.69, 9.17) is 21.1 Å². The first kappa shape index (κ1) is 25.7. The molecule has 13 nitrogen and oxygen atoms in total. The molecule has 5 heterocycles. The Hall–Kier alpha value is -3.91. The highest BCUT2D eigenvalue weighted by atomic mass is 35.5. The van der Waals surface area contributed by atoms with Crippen LogP contribution in [0, 0.1) is 0 Å². The van der Waals surface area contributed by atoms with Gasteiger partial charge in [-0.05, 0) is 19.1 Å². The van der Waals surface area contributed by atoms with Crippen LogP contribution in [-0.2, 0) is 16.1 Å². The number of halogens is 1. The molecule has 0 spiro atoms. The lowest BCUT2D eigenvalue weighted by atomic mass is 10.1. The number of hydrogen-bond donors (Lipinski definition) is 4. The van der Waals surface area contributed by atoms with Crippen LogP contribution in [0.1, 0.15) is 18.8 Å². The summed E-state index contributed by atoms with van der Waals surface area (Å²) in [5.74, 6) is 0.789. The average Bonchev–Trinajstić information content (AvgIpc) is 3.48. The van der Waals surface area contributed by atoms with Crippen LogP contribution in [0.15, 0.2) is 43.1 Å². The molecule has 1 aliphatic rings. The minimum Gasteiger partial charge on any atom is -0.497 e. The molecule has 0 aromatic carbocycles. The number of carbonyl (C=O) groups is 1. The molecule has 0 radical (unpaired) electrons. The zero-order valence-corrected chi connectivity index (χ0v) is 21.2. The van der Waals surface area contributed by atoms with Gasteiger partial charge in [-0.2, -0.15) is 0 Å². The van der Waals surface area contributed by atoms with Gasteiger partial charge in [0.25, 0.3) is 5.91 Å². The van der Waals surface area contributed by atoms with Gasteiger partial charge in [-0.3, -0.25) is 19.3 Å². The van der Waals surface area contributed by atoms with Gasteiger partial charge in [0.1, 0.15) is 18.0 Å². The summed E-state index contributed by atoms with van der Waals surface area (Å²) in [7, 11) is 1.57. The molecular formula is C24H25ClN8O5. The maximum Gasteiger partial charge on any atom is 0.252 e. The lowest BCUT2D eigenvalue weighted by Gasteiger charge is -2.17. The molecule has 198 valence electrons. The molecule has 14 heteroatoms. The van der Waals surface area contributed by atoms with Crippen LogP contribution in [0.25, 0.3) is 22.6 Å². The highest BCUT2D eigenvalue weighted by molar-refractivity contribution is 6.30. The van der Waals surface area contributed by atoms with Gasteiger partial charge in [0.15, 0.2) is 35.1 Å². The number of aliphatic hydroxyl groups excluding tert-OH is 2. The Bertz CT molecular complexity index is 1470. The molecule has 4 atom stereocenters. The second-order valence-corrected chi connectivity index (χ2v) is 8.91. The first-order valence-electron chi connectivity index (χ1n) is 11.8. The molecule has 1 aliphatic heterocycles. The zero-order valence-electron chi connectivity index (χ0n) is 20.4. The summed E-state index contributed by atoms with van der Waals surface area (Å²) in [5.41, 5.74) is 1.91. The number of nitrogens with one attached hydrogen (secondary N) is 2. The Morgan fingerprint density at radius 2 is 2.05 bits per heavy atom. The summed E-state index contributed by atoms with van der Waals surface area (Å²) in [6.45, 7) is 2.39. The lowest BCUT2D eigenvalue weighted by molar-refractivity contribution is -0.137. The average molecular weight is 541 g/mol. The minimum atomic E-state index is -1.45. The molecule has 1 saturated heterocycles. The fraction of sp³-hybridized carbons (Fsp3) is 0.333. The predicted octanol–water partition coefficient (Wildman–Crippen LogP) is 1.31. The van der Waals surface area contributed by atoms with E-state index >= 15 is 0 Å². The standard InChI is InChI=1S/C24H25ClN8O5/c1-3-27-23(36)19-17(34)18(35)24(38-19)33-11-30-16-21(29-10-14-7-15(37-2)4-5-28-14)31-20(32-22(16)33)12-6-13(25)9-26-8-12/h4-9,11,17-19,24,34-35H,3,10H2,1-2H3,(H,27,36)(H,29,31,32)/t17-,18+,19-,24+/m0/s1. The van der Waals surface area contributed by atoms with Crippen molar-refractivity contribution >= 4 is 34.5 Å². The summed E-state index contributed by atoms with van der Waals surface area (Å²) in [5, 5.41) is 27.5. The number of fused-ring (bicyclic) bond motifs is 1. The quantitative estimate of drug-likeness (QED) is 0.254. The number of aliphatic hydroxyl groups is 2. The number of nitrogens with zero attached hydrogens (tertiary/aromatic N) is 6. The molecular weight excluding hydrogens is 516 g/mol. The van der Waals surface area contributed by atoms with Gasteiger partial charge < -0.3 is 30.3 Å². The molecule has 0 saturated carbocycles. The van der Waals surface area contributed by atoms with E-state index in [0.29, 0.717) is 52.1 Å². The van der Waals surface area contributed by atoms with Crippen molar-refractivity contribution in [1.82, 2.24) is 34.8 Å². The SMILES string of the molecule is CCNC(=O)[C@H]1O[C@@H](n2cnc3c(NCc4cc(OC)ccn4)nc(-c4cncc(Cl)c4)nc32)[C@H](O)[C@@H]1O. The molecule has 4 N–H and O–H groups in total. The maximum absolute atomic E-state index is 12.4. The van der Waals surface area contributed by atoms with E-state index in [1.165, 1.54) is 17.1 Å². The minimum absolute atomic E-state index is 0.281. The van der Waals surface area contributed by atoms with E-state index in [1.54, 1.807) is 44.6 Å². The van der Waals surface area contributed by atoms with Crippen LogP contribution >= 0.6 is 11.6 Å². The number of anilines is 1. The maximum atomic E-state index is 12.4. The second kappa shape index (κ2) is 10.8. The predicted molar refractivity (Wildman–Crippen MR) is 136 cm³/mol. The van der Waals surface area contributed by atoms with Gasteiger partial charge in [0.05, 0.1) is 30.7 Å². The summed E-state index contributed by atoms with van der Waals surface area (Å²) in [4.78, 5) is 34.6. The largest absolute Gasteiger partial charge is 0.497 e. The third-order valence-corrected chi connectivity index (χ3v) is 6.17. The highest BCUT2D eigenvalue weighted by Crippen LogP contribution is 2.34. The van der Waals surface area contributed by atoms with E-state index in [9.17, 15) is 15.0 Å². The number of carbonyl (C=O) groups excluding carboxylic acids is 1. The first-order chi connectivity index (χ1) is 18.4.